The first-order chi connectivity index (χ1) is 12.2. The fourth-order valence-corrected chi connectivity index (χ4v) is 2.62. The molecule has 0 N–H and O–H groups in total. The highest BCUT2D eigenvalue weighted by Crippen LogP contribution is 2.09. The normalized spacial score (nSPS) is 11.3. The Morgan fingerprint density at radius 3 is 1.52 bits per heavy atom. The van der Waals surface area contributed by atoms with Crippen LogP contribution in [0.15, 0.2) is 0 Å². The van der Waals surface area contributed by atoms with Crippen LogP contribution in [0.3, 0.4) is 0 Å². The molecular formula is C22H48N2O2S. The van der Waals surface area contributed by atoms with Crippen molar-refractivity contribution < 1.29 is 9.59 Å². The number of nitrogens with zero attached hydrogens (tertiary/aromatic N) is 2. The van der Waals surface area contributed by atoms with E-state index in [-0.39, 0.29) is 11.8 Å². The quantitative estimate of drug-likeness (QED) is 0.534. The van der Waals surface area contributed by atoms with Crippen molar-refractivity contribution in [3.63, 3.8) is 0 Å². The van der Waals surface area contributed by atoms with Gasteiger partial charge in [-0.2, -0.15) is 10.5 Å². The third-order valence-electron chi connectivity index (χ3n) is 3.65. The summed E-state index contributed by atoms with van der Waals surface area (Å²) in [4.78, 5) is 24.9. The summed E-state index contributed by atoms with van der Waals surface area (Å²) in [5.41, 5.74) is 0. The zero-order valence-corrected chi connectivity index (χ0v) is 20.9. The predicted molar refractivity (Wildman–Crippen MR) is 126 cm³/mol. The molecule has 0 aromatic carbocycles. The van der Waals surface area contributed by atoms with Crippen LogP contribution in [0, 0.1) is 17.8 Å². The van der Waals surface area contributed by atoms with Gasteiger partial charge in [-0.15, -0.1) is 0 Å². The van der Waals surface area contributed by atoms with Crippen molar-refractivity contribution in [2.45, 2.75) is 67.7 Å². The highest BCUT2D eigenvalue weighted by molar-refractivity contribution is 8.13. The van der Waals surface area contributed by atoms with Gasteiger partial charge in [0.1, 0.15) is 0 Å². The van der Waals surface area contributed by atoms with Crippen LogP contribution in [0.25, 0.3) is 0 Å². The standard InChI is InChI=1S/C8H17NO.C7H15NO.C7H16S/c1-7(2)5-6-8(10)9(3)4;1-6(2)5-8(4)7(3)9;1-7(2)5-6-8(3)4/h7H,5-6H2,1-4H3;6H,5H2,1-4H3;7H,3,5-6H2,1-2,4H3. The van der Waals surface area contributed by atoms with Crippen molar-refractivity contribution >= 4 is 28.2 Å². The third kappa shape index (κ3) is 30.1. The van der Waals surface area contributed by atoms with Crippen LogP contribution < -0.4 is 0 Å². The summed E-state index contributed by atoms with van der Waals surface area (Å²) in [6.45, 7) is 15.4. The molecule has 1 atom stereocenters. The molecule has 0 bridgehead atoms. The summed E-state index contributed by atoms with van der Waals surface area (Å²) in [6, 6.07) is 0. The van der Waals surface area contributed by atoms with Crippen molar-refractivity contribution in [1.82, 2.24) is 9.80 Å². The summed E-state index contributed by atoms with van der Waals surface area (Å²) in [5, 5.41) is 0. The summed E-state index contributed by atoms with van der Waals surface area (Å²) in [6.07, 6.45) is 5.22. The maximum absolute atomic E-state index is 11.0. The van der Waals surface area contributed by atoms with Crippen LogP contribution in [-0.2, 0) is 9.59 Å². The average Bonchev–Trinajstić information content (AvgIpc) is 2.50. The largest absolute Gasteiger partial charge is 0.349 e. The molecule has 1 unspecified atom stereocenters. The van der Waals surface area contributed by atoms with E-state index >= 15 is 0 Å². The number of hydrogen-bond donors (Lipinski definition) is 0. The Bertz CT molecular complexity index is 405. The van der Waals surface area contributed by atoms with Gasteiger partial charge in [0.25, 0.3) is 0 Å². The van der Waals surface area contributed by atoms with Gasteiger partial charge < -0.3 is 9.80 Å². The van der Waals surface area contributed by atoms with Crippen LogP contribution in [0.1, 0.15) is 67.7 Å². The first kappa shape index (κ1) is 30.9. The van der Waals surface area contributed by atoms with E-state index in [1.54, 1.807) is 30.8 Å². The third-order valence-corrected chi connectivity index (χ3v) is 4.59. The molecule has 2 amide bonds. The lowest BCUT2D eigenvalue weighted by atomic mass is 10.1. The summed E-state index contributed by atoms with van der Waals surface area (Å²) >= 11 is 0. The van der Waals surface area contributed by atoms with Gasteiger partial charge in [-0.3, -0.25) is 9.59 Å². The van der Waals surface area contributed by atoms with E-state index in [0.717, 1.165) is 18.9 Å². The zero-order chi connectivity index (χ0) is 22.2. The lowest BCUT2D eigenvalue weighted by Gasteiger charge is -2.16. The maximum atomic E-state index is 11.0. The molecule has 5 heteroatoms. The van der Waals surface area contributed by atoms with Gasteiger partial charge in [0.05, 0.1) is 0 Å². The molecular weight excluding hydrogens is 356 g/mol. The van der Waals surface area contributed by atoms with Crippen molar-refractivity contribution in [2.75, 3.05) is 39.7 Å². The predicted octanol–water partition coefficient (Wildman–Crippen LogP) is 4.99. The molecule has 4 nitrogen and oxygen atoms in total. The molecule has 0 saturated carbocycles. The molecule has 0 saturated heterocycles. The smallest absolute Gasteiger partial charge is 0.222 e. The van der Waals surface area contributed by atoms with Crippen LogP contribution >= 0.6 is 10.5 Å². The average molecular weight is 405 g/mol. The lowest BCUT2D eigenvalue weighted by Crippen LogP contribution is -2.27. The van der Waals surface area contributed by atoms with Gasteiger partial charge in [0.15, 0.2) is 0 Å². The molecule has 164 valence electrons. The molecule has 0 aliphatic heterocycles. The van der Waals surface area contributed by atoms with Gasteiger partial charge in [0.2, 0.25) is 11.8 Å². The fraction of sp³-hybridized carbons (Fsp3) is 0.864. The van der Waals surface area contributed by atoms with Gasteiger partial charge in [-0.25, -0.2) is 0 Å². The minimum absolute atomic E-state index is 0.142. The second-order valence-corrected chi connectivity index (χ2v) is 10.7. The number of carbonyl (C=O) groups is 2. The topological polar surface area (TPSA) is 40.6 Å². The molecule has 0 aromatic heterocycles. The van der Waals surface area contributed by atoms with Crippen molar-refractivity contribution in [3.8, 4) is 0 Å². The van der Waals surface area contributed by atoms with Gasteiger partial charge in [-0.05, 0) is 42.6 Å². The van der Waals surface area contributed by atoms with E-state index in [1.807, 2.05) is 7.05 Å². The lowest BCUT2D eigenvalue weighted by molar-refractivity contribution is -0.129. The van der Waals surface area contributed by atoms with Crippen molar-refractivity contribution in [3.05, 3.63) is 0 Å². The Hall–Kier alpha value is -0.840. The van der Waals surface area contributed by atoms with Crippen LogP contribution in [0.5, 0.6) is 0 Å². The van der Waals surface area contributed by atoms with Gasteiger partial charge in [-0.1, -0.05) is 47.4 Å². The van der Waals surface area contributed by atoms with E-state index < -0.39 is 0 Å². The van der Waals surface area contributed by atoms with E-state index in [4.69, 9.17) is 0 Å². The van der Waals surface area contributed by atoms with Crippen molar-refractivity contribution in [1.29, 1.82) is 0 Å². The molecule has 27 heavy (non-hydrogen) atoms. The number of amides is 2. The minimum Gasteiger partial charge on any atom is -0.349 e. The minimum atomic E-state index is 0.142. The number of rotatable bonds is 8. The molecule has 0 heterocycles. The fourth-order valence-electron chi connectivity index (χ4n) is 1.75. The molecule has 0 fully saturated rings. The molecule has 0 aromatic rings. The highest BCUT2D eigenvalue weighted by atomic mass is 32.2. The number of carbonyl (C=O) groups excluding carboxylic acids is 2. The Morgan fingerprint density at radius 2 is 1.33 bits per heavy atom. The second kappa shape index (κ2) is 18.5. The summed E-state index contributed by atoms with van der Waals surface area (Å²) in [5.74, 6) is 7.66. The maximum Gasteiger partial charge on any atom is 0.222 e. The van der Waals surface area contributed by atoms with Crippen LogP contribution in [-0.4, -0.2) is 67.2 Å². The molecule has 0 radical (unpaired) electrons. The van der Waals surface area contributed by atoms with Crippen LogP contribution in [0.4, 0.5) is 0 Å². The second-order valence-electron chi connectivity index (χ2n) is 8.68. The summed E-state index contributed by atoms with van der Waals surface area (Å²) in [7, 11) is 5.82. The Kier molecular flexibility index (Phi) is 21.2. The SMILES string of the molecule is C=S(C)CCC(C)C.CC(=O)N(C)CC(C)C.CC(C)CCC(=O)N(C)C. The summed E-state index contributed by atoms with van der Waals surface area (Å²) < 4.78 is 0. The zero-order valence-electron chi connectivity index (χ0n) is 20.1. The highest BCUT2D eigenvalue weighted by Gasteiger charge is 2.04. The van der Waals surface area contributed by atoms with Crippen LogP contribution in [0.2, 0.25) is 0 Å². The van der Waals surface area contributed by atoms with E-state index in [0.29, 0.717) is 28.7 Å². The molecule has 0 spiro atoms. The Morgan fingerprint density at radius 1 is 0.889 bits per heavy atom. The van der Waals surface area contributed by atoms with E-state index in [1.165, 1.54) is 12.2 Å². The number of hydrogen-bond acceptors (Lipinski definition) is 2. The first-order valence-electron chi connectivity index (χ1n) is 10.0. The molecule has 0 rings (SSSR count). The molecule has 0 aliphatic carbocycles. The Balaban J connectivity index is -0.000000322. The van der Waals surface area contributed by atoms with E-state index in [2.05, 4.69) is 53.7 Å². The Labute approximate surface area is 173 Å². The van der Waals surface area contributed by atoms with Gasteiger partial charge in [0, 0.05) is 41.0 Å². The molecule has 0 aliphatic rings. The van der Waals surface area contributed by atoms with E-state index in [9.17, 15) is 9.59 Å². The van der Waals surface area contributed by atoms with Gasteiger partial charge >= 0.3 is 0 Å². The van der Waals surface area contributed by atoms with Crippen molar-refractivity contribution in [2.24, 2.45) is 17.8 Å². The first-order valence-corrected chi connectivity index (χ1v) is 12.0. The monoisotopic (exact) mass is 404 g/mol.